The van der Waals surface area contributed by atoms with Gasteiger partial charge in [0.2, 0.25) is 0 Å². The smallest absolute Gasteiger partial charge is 0.266 e. The first-order chi connectivity index (χ1) is 13.7. The van der Waals surface area contributed by atoms with Crippen LogP contribution in [0.1, 0.15) is 41.0 Å². The molecule has 0 aromatic heterocycles. The molecular weight excluding hydrogens is 443 g/mol. The van der Waals surface area contributed by atoms with Gasteiger partial charge in [-0.1, -0.05) is 26.0 Å². The lowest BCUT2D eigenvalue weighted by molar-refractivity contribution is -0.0570. The Bertz CT molecular complexity index is 914. The molecule has 0 saturated heterocycles. The summed E-state index contributed by atoms with van der Waals surface area (Å²) in [7, 11) is 0. The van der Waals surface area contributed by atoms with Gasteiger partial charge in [-0.3, -0.25) is 9.59 Å². The molecule has 10 heteroatoms. The van der Waals surface area contributed by atoms with Gasteiger partial charge in [0.05, 0.1) is 11.1 Å². The molecule has 0 radical (unpaired) electrons. The van der Waals surface area contributed by atoms with Gasteiger partial charge in [-0.15, -0.1) is 16.8 Å². The normalized spacial score (nSPS) is 15.3. The molecule has 29 heavy (non-hydrogen) atoms. The number of halogens is 3. The number of rotatable bonds is 8. The summed E-state index contributed by atoms with van der Waals surface area (Å²) in [5.41, 5.74) is -4.44. The summed E-state index contributed by atoms with van der Waals surface area (Å²) in [5, 5.41) is 1.95. The van der Waals surface area contributed by atoms with E-state index in [1.807, 2.05) is 17.8 Å². The van der Waals surface area contributed by atoms with Crippen LogP contribution >= 0.6 is 35.6 Å². The van der Waals surface area contributed by atoms with Crippen LogP contribution in [0.4, 0.5) is 13.2 Å². The summed E-state index contributed by atoms with van der Waals surface area (Å²) < 4.78 is 41.8. The summed E-state index contributed by atoms with van der Waals surface area (Å²) in [6, 6.07) is 8.26. The fraction of sp³-hybridized carbons (Fsp3) is 0.368. The topological polar surface area (TPSA) is 46.6 Å². The summed E-state index contributed by atoms with van der Waals surface area (Å²) in [6.45, 7) is 4.32. The molecule has 1 aliphatic rings. The van der Waals surface area contributed by atoms with Crippen molar-refractivity contribution in [1.82, 2.24) is 5.06 Å². The zero-order valence-electron chi connectivity index (χ0n) is 15.6. The Labute approximate surface area is 179 Å². The van der Waals surface area contributed by atoms with E-state index in [1.54, 1.807) is 30.0 Å². The van der Waals surface area contributed by atoms with E-state index in [4.69, 9.17) is 0 Å². The van der Waals surface area contributed by atoms with Crippen molar-refractivity contribution in [3.63, 3.8) is 0 Å². The highest BCUT2D eigenvalue weighted by molar-refractivity contribution is 8.03. The molecule has 2 amide bonds. The van der Waals surface area contributed by atoms with Crippen molar-refractivity contribution in [1.29, 1.82) is 0 Å². The Hall–Kier alpha value is -1.36. The van der Waals surface area contributed by atoms with Crippen LogP contribution in [-0.4, -0.2) is 39.1 Å². The minimum absolute atomic E-state index is 0.149. The van der Waals surface area contributed by atoms with Crippen molar-refractivity contribution in [3.8, 4) is 0 Å². The number of benzene rings is 2. The largest absolute Gasteiger partial charge is 0.470 e. The lowest BCUT2D eigenvalue weighted by Gasteiger charge is -2.26. The molecule has 2 aromatic carbocycles. The second kappa shape index (κ2) is 9.20. The van der Waals surface area contributed by atoms with E-state index < -0.39 is 29.4 Å². The maximum Gasteiger partial charge on any atom is 0.470 e. The second-order valence-electron chi connectivity index (χ2n) is 6.29. The molecule has 0 N–H and O–H groups in total. The zero-order valence-corrected chi connectivity index (χ0v) is 18.1. The molecular formula is C19H18F3NO3S3. The highest BCUT2D eigenvalue weighted by Crippen LogP contribution is 2.38. The van der Waals surface area contributed by atoms with Gasteiger partial charge in [-0.2, -0.15) is 29.2 Å². The second-order valence-corrected chi connectivity index (χ2v) is 9.75. The highest BCUT2D eigenvalue weighted by Gasteiger charge is 2.39. The Morgan fingerprint density at radius 2 is 1.76 bits per heavy atom. The maximum absolute atomic E-state index is 12.6. The number of nitrogens with zero attached hydrogens (tertiary/aromatic N) is 1. The van der Waals surface area contributed by atoms with Gasteiger partial charge in [0.15, 0.2) is 0 Å². The molecule has 1 unspecified atom stereocenters. The van der Waals surface area contributed by atoms with Crippen LogP contribution < -0.4 is 0 Å². The molecule has 1 aliphatic heterocycles. The van der Waals surface area contributed by atoms with Gasteiger partial charge in [-0.25, -0.2) is 0 Å². The van der Waals surface area contributed by atoms with E-state index in [1.165, 1.54) is 6.07 Å². The molecule has 0 aliphatic carbocycles. The van der Waals surface area contributed by atoms with Crippen molar-refractivity contribution >= 4 is 58.2 Å². The molecule has 0 fully saturated rings. The van der Waals surface area contributed by atoms with Crippen LogP contribution in [0, 0.1) is 0 Å². The van der Waals surface area contributed by atoms with E-state index in [0.29, 0.717) is 10.6 Å². The first kappa shape index (κ1) is 22.3. The molecule has 1 atom stereocenters. The van der Waals surface area contributed by atoms with Crippen LogP contribution in [0.25, 0.3) is 10.8 Å². The third-order valence-corrected chi connectivity index (χ3v) is 7.44. The fourth-order valence-electron chi connectivity index (χ4n) is 2.84. The number of carbonyl (C=O) groups excluding carboxylic acids is 2. The van der Waals surface area contributed by atoms with E-state index in [2.05, 4.69) is 18.1 Å². The molecule has 2 aromatic rings. The van der Waals surface area contributed by atoms with Crippen LogP contribution in [0.15, 0.2) is 35.2 Å². The van der Waals surface area contributed by atoms with Gasteiger partial charge in [0.25, 0.3) is 11.8 Å². The van der Waals surface area contributed by atoms with Gasteiger partial charge >= 0.3 is 5.51 Å². The Morgan fingerprint density at radius 1 is 1.07 bits per heavy atom. The van der Waals surface area contributed by atoms with Crippen molar-refractivity contribution in [2.24, 2.45) is 0 Å². The predicted molar refractivity (Wildman–Crippen MR) is 112 cm³/mol. The molecule has 156 valence electrons. The minimum atomic E-state index is -4.74. The number of thioether (sulfide) groups is 2. The SMILES string of the molecule is CCC(C)SCCSc1ccc2c3c(cccc13)C(=O)N(OSC(F)(F)F)C2=O. The standard InChI is InChI=1S/C19H18F3NO3S3/c1-3-11(2)27-9-10-28-15-8-7-14-16-12(15)5-4-6-13(16)17(24)23(18(14)25)26-29-19(20,21)22/h4-8,11H,3,9-10H2,1-2H3. The van der Waals surface area contributed by atoms with Crippen molar-refractivity contribution in [3.05, 3.63) is 41.5 Å². The molecule has 0 spiro atoms. The van der Waals surface area contributed by atoms with Crippen LogP contribution in [0.2, 0.25) is 0 Å². The average molecular weight is 462 g/mol. The summed E-state index contributed by atoms with van der Waals surface area (Å²) in [5.74, 6) is 0.0303. The van der Waals surface area contributed by atoms with E-state index in [9.17, 15) is 22.8 Å². The van der Waals surface area contributed by atoms with E-state index in [0.717, 1.165) is 28.2 Å². The predicted octanol–water partition coefficient (Wildman–Crippen LogP) is 6.16. The molecule has 3 rings (SSSR count). The number of hydrogen-bond acceptors (Lipinski definition) is 6. The Balaban J connectivity index is 1.86. The van der Waals surface area contributed by atoms with E-state index in [-0.39, 0.29) is 16.2 Å². The number of imide groups is 1. The van der Waals surface area contributed by atoms with Crippen molar-refractivity contribution in [2.75, 3.05) is 11.5 Å². The van der Waals surface area contributed by atoms with Crippen LogP contribution in [0.3, 0.4) is 0 Å². The summed E-state index contributed by atoms with van der Waals surface area (Å²) >= 11 is 2.63. The Morgan fingerprint density at radius 3 is 2.41 bits per heavy atom. The number of hydroxylamine groups is 2. The average Bonchev–Trinajstić information content (AvgIpc) is 2.68. The third-order valence-electron chi connectivity index (χ3n) is 4.35. The van der Waals surface area contributed by atoms with Crippen molar-refractivity contribution < 1.29 is 27.0 Å². The van der Waals surface area contributed by atoms with Crippen molar-refractivity contribution in [2.45, 2.75) is 35.9 Å². The van der Waals surface area contributed by atoms with E-state index >= 15 is 0 Å². The molecule has 4 nitrogen and oxygen atoms in total. The lowest BCUT2D eigenvalue weighted by Crippen LogP contribution is -2.39. The van der Waals surface area contributed by atoms with Gasteiger partial charge in [-0.05, 0) is 30.0 Å². The first-order valence-electron chi connectivity index (χ1n) is 8.84. The van der Waals surface area contributed by atoms with Crippen LogP contribution in [-0.2, 0) is 4.28 Å². The highest BCUT2D eigenvalue weighted by atomic mass is 32.2. The Kier molecular flexibility index (Phi) is 7.08. The maximum atomic E-state index is 12.6. The number of carbonyl (C=O) groups is 2. The monoisotopic (exact) mass is 461 g/mol. The minimum Gasteiger partial charge on any atom is -0.266 e. The third kappa shape index (κ3) is 5.04. The van der Waals surface area contributed by atoms with Gasteiger partial charge in [0.1, 0.15) is 12.0 Å². The van der Waals surface area contributed by atoms with Crippen LogP contribution in [0.5, 0.6) is 0 Å². The molecule has 0 saturated carbocycles. The van der Waals surface area contributed by atoms with Gasteiger partial charge < -0.3 is 0 Å². The molecule has 1 heterocycles. The molecule has 0 bridgehead atoms. The quantitative estimate of drug-likeness (QED) is 0.203. The number of alkyl halides is 3. The lowest BCUT2D eigenvalue weighted by atomic mass is 9.95. The number of amides is 2. The fourth-order valence-corrected chi connectivity index (χ4v) is 5.20. The summed E-state index contributed by atoms with van der Waals surface area (Å²) in [6.07, 6.45) is 1.10. The van der Waals surface area contributed by atoms with Gasteiger partial charge in [0, 0.05) is 27.0 Å². The number of hydrogen-bond donors (Lipinski definition) is 0. The first-order valence-corrected chi connectivity index (χ1v) is 11.6. The zero-order chi connectivity index (χ0) is 21.2. The summed E-state index contributed by atoms with van der Waals surface area (Å²) in [4.78, 5) is 26.1.